The number of anilines is 1. The van der Waals surface area contributed by atoms with Crippen LogP contribution in [0.2, 0.25) is 0 Å². The van der Waals surface area contributed by atoms with Crippen LogP contribution in [-0.4, -0.2) is 38.9 Å². The van der Waals surface area contributed by atoms with Gasteiger partial charge in [0.2, 0.25) is 5.91 Å². The van der Waals surface area contributed by atoms with Gasteiger partial charge in [-0.2, -0.15) is 5.10 Å². The molecular weight excluding hydrogens is 363 g/mol. The molecule has 8 heteroatoms. The average molecular weight is 378 g/mol. The fourth-order valence-corrected chi connectivity index (χ4v) is 3.08. The number of nitrogens with zero attached hydrogens (tertiary/aromatic N) is 3. The number of carbonyl (C=O) groups is 3. The lowest BCUT2D eigenvalue weighted by Gasteiger charge is -2.14. The van der Waals surface area contributed by atoms with Crippen LogP contribution < -0.4 is 5.32 Å². The maximum absolute atomic E-state index is 13.2. The second kappa shape index (κ2) is 6.73. The maximum atomic E-state index is 13.2. The van der Waals surface area contributed by atoms with Gasteiger partial charge in [0.05, 0.1) is 22.5 Å². The molecule has 28 heavy (non-hydrogen) atoms. The molecule has 1 aliphatic heterocycles. The van der Waals surface area contributed by atoms with E-state index in [0.29, 0.717) is 17.2 Å². The summed E-state index contributed by atoms with van der Waals surface area (Å²) in [6.45, 7) is 1.33. The zero-order chi connectivity index (χ0) is 19.8. The average Bonchev–Trinajstić information content (AvgIpc) is 3.15. The number of hydrogen-bond acceptors (Lipinski definition) is 4. The summed E-state index contributed by atoms with van der Waals surface area (Å²) in [5.74, 6) is -1.58. The second-order valence-electron chi connectivity index (χ2n) is 6.35. The van der Waals surface area contributed by atoms with Crippen LogP contribution in [0.4, 0.5) is 10.2 Å². The standard InChI is InChI=1S/C20H15FN4O3/c1-12-10-17(25(23-12)14-8-6-13(21)7-9-14)22-18(26)11-24-19(27)15-4-2-3-5-16(15)20(24)28/h2-10H,11H2,1H3,(H,22,26). The number of imide groups is 1. The molecule has 7 nitrogen and oxygen atoms in total. The summed E-state index contributed by atoms with van der Waals surface area (Å²) in [7, 11) is 0. The Bertz CT molecular complexity index is 1070. The zero-order valence-electron chi connectivity index (χ0n) is 14.8. The van der Waals surface area contributed by atoms with Crippen molar-refractivity contribution in [2.75, 3.05) is 11.9 Å². The van der Waals surface area contributed by atoms with Gasteiger partial charge < -0.3 is 5.32 Å². The lowest BCUT2D eigenvalue weighted by Crippen LogP contribution is -2.37. The molecule has 0 bridgehead atoms. The third-order valence-electron chi connectivity index (χ3n) is 4.35. The third-order valence-corrected chi connectivity index (χ3v) is 4.35. The van der Waals surface area contributed by atoms with E-state index < -0.39 is 24.3 Å². The Hall–Kier alpha value is -3.81. The minimum atomic E-state index is -0.544. The molecule has 0 aliphatic carbocycles. The summed E-state index contributed by atoms with van der Waals surface area (Å²) >= 11 is 0. The van der Waals surface area contributed by atoms with E-state index in [1.165, 1.54) is 28.9 Å². The van der Waals surface area contributed by atoms with Gasteiger partial charge in [-0.05, 0) is 43.3 Å². The Balaban J connectivity index is 1.53. The van der Waals surface area contributed by atoms with Crippen LogP contribution in [0.15, 0.2) is 54.6 Å². The van der Waals surface area contributed by atoms with Gasteiger partial charge >= 0.3 is 0 Å². The molecule has 140 valence electrons. The number of hydrogen-bond donors (Lipinski definition) is 1. The van der Waals surface area contributed by atoms with E-state index in [1.807, 2.05) is 0 Å². The molecule has 3 aromatic rings. The van der Waals surface area contributed by atoms with Crippen molar-refractivity contribution in [3.8, 4) is 5.69 Å². The van der Waals surface area contributed by atoms with Crippen molar-refractivity contribution in [1.29, 1.82) is 0 Å². The van der Waals surface area contributed by atoms with Gasteiger partial charge in [-0.15, -0.1) is 0 Å². The first-order chi connectivity index (χ1) is 13.4. The van der Waals surface area contributed by atoms with Crippen LogP contribution in [0.5, 0.6) is 0 Å². The molecule has 1 aromatic heterocycles. The molecule has 0 radical (unpaired) electrons. The van der Waals surface area contributed by atoms with E-state index in [-0.39, 0.29) is 16.9 Å². The van der Waals surface area contributed by atoms with Gasteiger partial charge in [-0.3, -0.25) is 19.3 Å². The van der Waals surface area contributed by atoms with Crippen molar-refractivity contribution in [2.24, 2.45) is 0 Å². The number of aromatic nitrogens is 2. The van der Waals surface area contributed by atoms with Crippen LogP contribution in [0, 0.1) is 12.7 Å². The molecule has 0 atom stereocenters. The van der Waals surface area contributed by atoms with Crippen molar-refractivity contribution in [3.05, 3.63) is 77.2 Å². The van der Waals surface area contributed by atoms with Crippen LogP contribution >= 0.6 is 0 Å². The summed E-state index contributed by atoms with van der Waals surface area (Å²) < 4.78 is 14.6. The van der Waals surface area contributed by atoms with E-state index in [2.05, 4.69) is 10.4 Å². The predicted molar refractivity (Wildman–Crippen MR) is 98.7 cm³/mol. The SMILES string of the molecule is Cc1cc(NC(=O)CN2C(=O)c3ccccc3C2=O)n(-c2ccc(F)cc2)n1. The first-order valence-electron chi connectivity index (χ1n) is 8.52. The van der Waals surface area contributed by atoms with E-state index >= 15 is 0 Å². The molecular formula is C20H15FN4O3. The van der Waals surface area contributed by atoms with Crippen molar-refractivity contribution in [3.63, 3.8) is 0 Å². The molecule has 0 spiro atoms. The van der Waals surface area contributed by atoms with Gasteiger partial charge in [0.25, 0.3) is 11.8 Å². The normalized spacial score (nSPS) is 13.0. The Kier molecular flexibility index (Phi) is 4.23. The van der Waals surface area contributed by atoms with E-state index in [1.54, 1.807) is 37.3 Å². The summed E-state index contributed by atoms with van der Waals surface area (Å²) in [6, 6.07) is 13.7. The molecule has 4 rings (SSSR count). The first-order valence-corrected chi connectivity index (χ1v) is 8.52. The number of amides is 3. The number of carbonyl (C=O) groups excluding carboxylic acids is 3. The minimum absolute atomic E-state index is 0.285. The number of benzene rings is 2. The Morgan fingerprint density at radius 3 is 2.25 bits per heavy atom. The highest BCUT2D eigenvalue weighted by atomic mass is 19.1. The number of halogens is 1. The molecule has 2 heterocycles. The number of rotatable bonds is 4. The predicted octanol–water partition coefficient (Wildman–Crippen LogP) is 2.55. The highest BCUT2D eigenvalue weighted by Crippen LogP contribution is 2.23. The molecule has 0 saturated heterocycles. The van der Waals surface area contributed by atoms with E-state index in [4.69, 9.17) is 0 Å². The Morgan fingerprint density at radius 1 is 1.04 bits per heavy atom. The maximum Gasteiger partial charge on any atom is 0.262 e. The van der Waals surface area contributed by atoms with Crippen molar-refractivity contribution in [1.82, 2.24) is 14.7 Å². The van der Waals surface area contributed by atoms with E-state index in [0.717, 1.165) is 4.90 Å². The Labute approximate surface area is 159 Å². The molecule has 0 unspecified atom stereocenters. The van der Waals surface area contributed by atoms with Gasteiger partial charge in [0, 0.05) is 6.07 Å². The van der Waals surface area contributed by atoms with Gasteiger partial charge in [-0.1, -0.05) is 12.1 Å². The van der Waals surface area contributed by atoms with Crippen molar-refractivity contribution < 1.29 is 18.8 Å². The van der Waals surface area contributed by atoms with Gasteiger partial charge in [0.1, 0.15) is 18.2 Å². The summed E-state index contributed by atoms with van der Waals surface area (Å²) in [4.78, 5) is 38.2. The molecule has 1 N–H and O–H groups in total. The highest BCUT2D eigenvalue weighted by Gasteiger charge is 2.36. The molecule has 0 saturated carbocycles. The number of fused-ring (bicyclic) bond motifs is 1. The van der Waals surface area contributed by atoms with Crippen LogP contribution in [-0.2, 0) is 4.79 Å². The van der Waals surface area contributed by atoms with Crippen molar-refractivity contribution >= 4 is 23.5 Å². The summed E-state index contributed by atoms with van der Waals surface area (Å²) in [5.41, 5.74) is 1.77. The van der Waals surface area contributed by atoms with Crippen LogP contribution in [0.3, 0.4) is 0 Å². The minimum Gasteiger partial charge on any atom is -0.309 e. The third kappa shape index (κ3) is 3.05. The second-order valence-corrected chi connectivity index (χ2v) is 6.35. The molecule has 3 amide bonds. The van der Waals surface area contributed by atoms with Gasteiger partial charge in [0.15, 0.2) is 0 Å². The largest absolute Gasteiger partial charge is 0.309 e. The van der Waals surface area contributed by atoms with Crippen molar-refractivity contribution in [2.45, 2.75) is 6.92 Å². The number of nitrogens with one attached hydrogen (secondary N) is 1. The molecule has 0 fully saturated rings. The van der Waals surface area contributed by atoms with Gasteiger partial charge in [-0.25, -0.2) is 9.07 Å². The molecule has 1 aliphatic rings. The number of aryl methyl sites for hydroxylation is 1. The first kappa shape index (κ1) is 17.6. The Morgan fingerprint density at radius 2 is 1.64 bits per heavy atom. The fraction of sp³-hybridized carbons (Fsp3) is 0.100. The fourth-order valence-electron chi connectivity index (χ4n) is 3.08. The molecule has 2 aromatic carbocycles. The summed E-state index contributed by atoms with van der Waals surface area (Å²) in [5, 5.41) is 6.95. The summed E-state index contributed by atoms with van der Waals surface area (Å²) in [6.07, 6.45) is 0. The monoisotopic (exact) mass is 378 g/mol. The van der Waals surface area contributed by atoms with E-state index in [9.17, 15) is 18.8 Å². The quantitative estimate of drug-likeness (QED) is 0.707. The lowest BCUT2D eigenvalue weighted by molar-refractivity contribution is -0.116. The zero-order valence-corrected chi connectivity index (χ0v) is 14.8. The van der Waals surface area contributed by atoms with Crippen LogP contribution in [0.1, 0.15) is 26.4 Å². The highest BCUT2D eigenvalue weighted by molar-refractivity contribution is 6.22. The lowest BCUT2D eigenvalue weighted by atomic mass is 10.1. The van der Waals surface area contributed by atoms with Crippen LogP contribution in [0.25, 0.3) is 5.69 Å². The topological polar surface area (TPSA) is 84.3 Å². The smallest absolute Gasteiger partial charge is 0.262 e.